The molecule has 0 heterocycles. The highest BCUT2D eigenvalue weighted by atomic mass is 79.9. The molecule has 122 valence electrons. The van der Waals surface area contributed by atoms with E-state index in [-0.39, 0.29) is 0 Å². The number of hydrogen-bond acceptors (Lipinski definition) is 0. The predicted octanol–water partition coefficient (Wildman–Crippen LogP) is 7.22. The summed E-state index contributed by atoms with van der Waals surface area (Å²) in [4.78, 5) is 0. The van der Waals surface area contributed by atoms with Crippen LogP contribution in [0.2, 0.25) is 0 Å². The molecule has 1 aliphatic rings. The second kappa shape index (κ2) is 6.00. The SMILES string of the molecule is Brc1ccc(C2CCCc3c2ccc2c3ccc3ccccc32)cc1. The van der Waals surface area contributed by atoms with Gasteiger partial charge in [0.1, 0.15) is 0 Å². The zero-order valence-corrected chi connectivity index (χ0v) is 15.6. The van der Waals surface area contributed by atoms with Gasteiger partial charge in [-0.25, -0.2) is 0 Å². The molecule has 4 aromatic rings. The van der Waals surface area contributed by atoms with Crippen molar-refractivity contribution in [2.45, 2.75) is 25.2 Å². The van der Waals surface area contributed by atoms with Crippen LogP contribution >= 0.6 is 15.9 Å². The van der Waals surface area contributed by atoms with Crippen LogP contribution in [0.1, 0.15) is 35.4 Å². The number of halogens is 1. The fourth-order valence-corrected chi connectivity index (χ4v) is 4.72. The average molecular weight is 387 g/mol. The molecule has 0 aromatic heterocycles. The summed E-state index contributed by atoms with van der Waals surface area (Å²) in [5.74, 6) is 0.521. The first-order chi connectivity index (χ1) is 12.3. The Morgan fingerprint density at radius 3 is 2.40 bits per heavy atom. The molecule has 0 aliphatic heterocycles. The van der Waals surface area contributed by atoms with E-state index in [9.17, 15) is 0 Å². The fourth-order valence-electron chi connectivity index (χ4n) is 4.45. The molecule has 1 unspecified atom stereocenters. The van der Waals surface area contributed by atoms with Crippen LogP contribution in [0.15, 0.2) is 77.3 Å². The van der Waals surface area contributed by atoms with Crippen LogP contribution in [0.25, 0.3) is 21.5 Å². The normalized spacial score (nSPS) is 16.9. The Labute approximate surface area is 156 Å². The molecule has 0 N–H and O–H groups in total. The van der Waals surface area contributed by atoms with Gasteiger partial charge >= 0.3 is 0 Å². The maximum absolute atomic E-state index is 3.56. The van der Waals surface area contributed by atoms with Gasteiger partial charge in [0.15, 0.2) is 0 Å². The quantitative estimate of drug-likeness (QED) is 0.302. The van der Waals surface area contributed by atoms with Crippen molar-refractivity contribution >= 4 is 37.5 Å². The molecule has 1 aliphatic carbocycles. The van der Waals surface area contributed by atoms with Gasteiger partial charge in [0.05, 0.1) is 0 Å². The molecule has 25 heavy (non-hydrogen) atoms. The summed E-state index contributed by atoms with van der Waals surface area (Å²) in [6.45, 7) is 0. The summed E-state index contributed by atoms with van der Waals surface area (Å²) in [5.41, 5.74) is 4.52. The summed E-state index contributed by atoms with van der Waals surface area (Å²) < 4.78 is 1.15. The number of benzene rings is 4. The van der Waals surface area contributed by atoms with Crippen LogP contribution in [0.5, 0.6) is 0 Å². The summed E-state index contributed by atoms with van der Waals surface area (Å²) in [6, 6.07) is 26.9. The molecule has 4 aromatic carbocycles. The van der Waals surface area contributed by atoms with E-state index in [0.717, 1.165) is 4.47 Å². The number of hydrogen-bond donors (Lipinski definition) is 0. The highest BCUT2D eigenvalue weighted by Crippen LogP contribution is 2.41. The van der Waals surface area contributed by atoms with Crippen molar-refractivity contribution in [2.24, 2.45) is 0 Å². The molecule has 0 nitrogen and oxygen atoms in total. The van der Waals surface area contributed by atoms with Gasteiger partial charge < -0.3 is 0 Å². The Hall–Kier alpha value is -2.12. The zero-order valence-electron chi connectivity index (χ0n) is 14.0. The minimum absolute atomic E-state index is 0.521. The van der Waals surface area contributed by atoms with Gasteiger partial charge in [-0.1, -0.05) is 76.6 Å². The highest BCUT2D eigenvalue weighted by Gasteiger charge is 2.23. The first kappa shape index (κ1) is 15.2. The number of fused-ring (bicyclic) bond motifs is 5. The Bertz CT molecular complexity index is 1080. The molecule has 1 atom stereocenters. The summed E-state index contributed by atoms with van der Waals surface area (Å²) >= 11 is 3.56. The average Bonchev–Trinajstić information content (AvgIpc) is 2.67. The largest absolute Gasteiger partial charge is 0.0616 e. The van der Waals surface area contributed by atoms with E-state index < -0.39 is 0 Å². The summed E-state index contributed by atoms with van der Waals surface area (Å²) in [6.07, 6.45) is 3.70. The monoisotopic (exact) mass is 386 g/mol. The molecule has 0 saturated carbocycles. The fraction of sp³-hybridized carbons (Fsp3) is 0.167. The third kappa shape index (κ3) is 2.49. The predicted molar refractivity (Wildman–Crippen MR) is 110 cm³/mol. The maximum Gasteiger partial charge on any atom is 0.0175 e. The Balaban J connectivity index is 1.73. The van der Waals surface area contributed by atoms with Gasteiger partial charge in [-0.15, -0.1) is 0 Å². The number of aryl methyl sites for hydroxylation is 1. The minimum Gasteiger partial charge on any atom is -0.0616 e. The van der Waals surface area contributed by atoms with Crippen LogP contribution in [-0.2, 0) is 6.42 Å². The molecular weight excluding hydrogens is 368 g/mol. The van der Waals surface area contributed by atoms with E-state index in [0.29, 0.717) is 5.92 Å². The van der Waals surface area contributed by atoms with Gasteiger partial charge in [0, 0.05) is 10.4 Å². The third-order valence-electron chi connectivity index (χ3n) is 5.64. The molecule has 0 radical (unpaired) electrons. The van der Waals surface area contributed by atoms with E-state index in [1.54, 1.807) is 5.56 Å². The van der Waals surface area contributed by atoms with Gasteiger partial charge in [0.2, 0.25) is 0 Å². The molecule has 0 saturated heterocycles. The van der Waals surface area contributed by atoms with E-state index in [4.69, 9.17) is 0 Å². The van der Waals surface area contributed by atoms with E-state index >= 15 is 0 Å². The lowest BCUT2D eigenvalue weighted by Gasteiger charge is -2.27. The van der Waals surface area contributed by atoms with Crippen molar-refractivity contribution in [3.63, 3.8) is 0 Å². The minimum atomic E-state index is 0.521. The van der Waals surface area contributed by atoms with Gasteiger partial charge in [0.25, 0.3) is 0 Å². The molecule has 0 fully saturated rings. The van der Waals surface area contributed by atoms with Crippen molar-refractivity contribution in [1.82, 2.24) is 0 Å². The molecule has 0 bridgehead atoms. The molecule has 0 amide bonds. The Kier molecular flexibility index (Phi) is 3.64. The van der Waals surface area contributed by atoms with Crippen molar-refractivity contribution in [3.8, 4) is 0 Å². The topological polar surface area (TPSA) is 0 Å². The maximum atomic E-state index is 3.56. The van der Waals surface area contributed by atoms with Gasteiger partial charge in [-0.3, -0.25) is 0 Å². The number of rotatable bonds is 1. The highest BCUT2D eigenvalue weighted by molar-refractivity contribution is 9.10. The van der Waals surface area contributed by atoms with Gasteiger partial charge in [-0.2, -0.15) is 0 Å². The van der Waals surface area contributed by atoms with Crippen molar-refractivity contribution in [2.75, 3.05) is 0 Å². The molecule has 0 spiro atoms. The van der Waals surface area contributed by atoms with Crippen LogP contribution < -0.4 is 0 Å². The van der Waals surface area contributed by atoms with Crippen LogP contribution in [0, 0.1) is 0 Å². The van der Waals surface area contributed by atoms with Crippen molar-refractivity contribution in [1.29, 1.82) is 0 Å². The van der Waals surface area contributed by atoms with Crippen molar-refractivity contribution in [3.05, 3.63) is 94.0 Å². The lowest BCUT2D eigenvalue weighted by atomic mass is 9.77. The van der Waals surface area contributed by atoms with Crippen molar-refractivity contribution < 1.29 is 0 Å². The molecule has 1 heteroatoms. The Morgan fingerprint density at radius 1 is 0.720 bits per heavy atom. The molecule has 5 rings (SSSR count). The molecular formula is C24H19Br. The second-order valence-corrected chi connectivity index (χ2v) is 7.93. The lowest BCUT2D eigenvalue weighted by molar-refractivity contribution is 0.619. The summed E-state index contributed by atoms with van der Waals surface area (Å²) in [7, 11) is 0. The Morgan fingerprint density at radius 2 is 1.52 bits per heavy atom. The first-order valence-corrected chi connectivity index (χ1v) is 9.79. The van der Waals surface area contributed by atoms with Crippen LogP contribution in [0.4, 0.5) is 0 Å². The smallest absolute Gasteiger partial charge is 0.0175 e. The summed E-state index contributed by atoms with van der Waals surface area (Å²) in [5, 5.41) is 5.54. The van der Waals surface area contributed by atoms with Gasteiger partial charge in [-0.05, 0) is 69.6 Å². The lowest BCUT2D eigenvalue weighted by Crippen LogP contribution is -2.11. The standard InChI is InChI=1S/C24H19Br/c25-18-11-8-17(9-12-18)20-6-3-7-21-22(20)14-15-23-19-5-2-1-4-16(19)10-13-24(21)23/h1-2,4-5,8-15,20H,3,6-7H2. The van der Waals surface area contributed by atoms with E-state index in [2.05, 4.69) is 88.7 Å². The van der Waals surface area contributed by atoms with Crippen LogP contribution in [0.3, 0.4) is 0 Å². The van der Waals surface area contributed by atoms with E-state index in [1.165, 1.54) is 51.9 Å². The van der Waals surface area contributed by atoms with E-state index in [1.807, 2.05) is 0 Å². The second-order valence-electron chi connectivity index (χ2n) is 7.01. The third-order valence-corrected chi connectivity index (χ3v) is 6.17. The van der Waals surface area contributed by atoms with Crippen LogP contribution in [-0.4, -0.2) is 0 Å². The zero-order chi connectivity index (χ0) is 16.8. The first-order valence-electron chi connectivity index (χ1n) is 9.00.